The molecule has 1 aromatic heterocycles. The second kappa shape index (κ2) is 12.0. The van der Waals surface area contributed by atoms with Crippen LogP contribution in [-0.4, -0.2) is 45.1 Å². The van der Waals surface area contributed by atoms with Crippen LogP contribution in [-0.2, 0) is 9.47 Å². The Morgan fingerprint density at radius 1 is 0.556 bits per heavy atom. The van der Waals surface area contributed by atoms with E-state index in [-0.39, 0.29) is 24.3 Å². The van der Waals surface area contributed by atoms with E-state index in [1.54, 1.807) is 65.8 Å². The highest BCUT2D eigenvalue weighted by Gasteiger charge is 2.16. The number of esters is 2. The molecule has 0 saturated carbocycles. The molecule has 0 radical (unpaired) electrons. The molecule has 0 unspecified atom stereocenters. The number of fused-ring (bicyclic) bond motifs is 2. The molecule has 0 aliphatic heterocycles. The number of benzene rings is 2. The molecule has 8 heteroatoms. The Kier molecular flexibility index (Phi) is 8.78. The van der Waals surface area contributed by atoms with Gasteiger partial charge >= 0.3 is 11.9 Å². The first-order valence-corrected chi connectivity index (χ1v) is 11.8. The number of hydrogen-bond acceptors (Lipinski definition) is 8. The lowest BCUT2D eigenvalue weighted by atomic mass is 10.1. The van der Waals surface area contributed by atoms with Crippen molar-refractivity contribution >= 4 is 34.0 Å². The highest BCUT2D eigenvalue weighted by atomic mass is 16.5. The van der Waals surface area contributed by atoms with Gasteiger partial charge in [-0.2, -0.15) is 0 Å². The zero-order valence-corrected chi connectivity index (χ0v) is 21.5. The SMILES string of the molecule is CCOC(=O)c1c(C)nc2ccccc2nc(C)c(C(=O)OCC)c(C)nc2ccccc2nc1C. The molecule has 0 aliphatic carbocycles. The van der Waals surface area contributed by atoms with Crippen LogP contribution >= 0.6 is 0 Å². The maximum Gasteiger partial charge on any atom is 0.341 e. The van der Waals surface area contributed by atoms with Gasteiger partial charge in [-0.1, -0.05) is 24.3 Å². The Bertz CT molecular complexity index is 1250. The van der Waals surface area contributed by atoms with Gasteiger partial charge in [-0.05, 0) is 65.8 Å². The van der Waals surface area contributed by atoms with E-state index in [1.165, 1.54) is 0 Å². The first-order chi connectivity index (χ1) is 17.3. The molecule has 1 heterocycles. The monoisotopic (exact) mass is 486 g/mol. The number of ether oxygens (including phenoxy) is 2. The fourth-order valence-electron chi connectivity index (χ4n) is 3.77. The number of carbonyl (C=O) groups excluding carboxylic acids is 2. The van der Waals surface area contributed by atoms with Crippen molar-refractivity contribution in [2.45, 2.75) is 41.5 Å². The first-order valence-electron chi connectivity index (χ1n) is 11.8. The molecule has 3 aromatic rings. The Morgan fingerprint density at radius 2 is 0.806 bits per heavy atom. The molecule has 36 heavy (non-hydrogen) atoms. The van der Waals surface area contributed by atoms with E-state index in [0.29, 0.717) is 44.8 Å². The van der Waals surface area contributed by atoms with Gasteiger partial charge in [0.15, 0.2) is 0 Å². The number of nitrogens with zero attached hydrogens (tertiary/aromatic N) is 4. The molecule has 186 valence electrons. The summed E-state index contributed by atoms with van der Waals surface area (Å²) >= 11 is 0. The van der Waals surface area contributed by atoms with Crippen LogP contribution in [0.1, 0.15) is 57.3 Å². The predicted octanol–water partition coefficient (Wildman–Crippen LogP) is 5.41. The highest BCUT2D eigenvalue weighted by Crippen LogP contribution is 2.16. The molecule has 2 aromatic carbocycles. The van der Waals surface area contributed by atoms with Crippen molar-refractivity contribution in [3.05, 3.63) is 82.4 Å². The predicted molar refractivity (Wildman–Crippen MR) is 139 cm³/mol. The quantitative estimate of drug-likeness (QED) is 0.451. The summed E-state index contributed by atoms with van der Waals surface area (Å²) in [6, 6.07) is 14.5. The van der Waals surface area contributed by atoms with Crippen LogP contribution in [0, 0.1) is 27.7 Å². The van der Waals surface area contributed by atoms with Gasteiger partial charge in [0.1, 0.15) is 11.1 Å². The van der Waals surface area contributed by atoms with E-state index in [2.05, 4.69) is 0 Å². The van der Waals surface area contributed by atoms with Gasteiger partial charge in [0.05, 0.1) is 58.1 Å². The lowest BCUT2D eigenvalue weighted by molar-refractivity contribution is 0.0514. The first kappa shape index (κ1) is 26.4. The minimum Gasteiger partial charge on any atom is -0.462 e. The van der Waals surface area contributed by atoms with Gasteiger partial charge in [-0.15, -0.1) is 0 Å². The standard InChI is InChI=1S/C28H30N4O4/c1-7-35-27(33)25-17(3)29-21-13-9-11-15-23(21)31-19(5)26(28(34)36-8-2)20(6)32-24-16-12-10-14-22(24)30-18(25)4/h9-16H,7-8H2,1-6H3. The van der Waals surface area contributed by atoms with E-state index in [1.807, 2.05) is 24.3 Å². The lowest BCUT2D eigenvalue weighted by Gasteiger charge is -2.07. The van der Waals surface area contributed by atoms with Crippen molar-refractivity contribution in [3.63, 3.8) is 0 Å². The van der Waals surface area contributed by atoms with Crippen molar-refractivity contribution in [3.8, 4) is 0 Å². The third kappa shape index (κ3) is 6.07. The number of para-hydroxylation sites is 4. The Balaban J connectivity index is 2.64. The Hall–Kier alpha value is -4.20. The second-order valence-electron chi connectivity index (χ2n) is 7.96. The van der Waals surface area contributed by atoms with Crippen LogP contribution in [0.4, 0.5) is 0 Å². The molecule has 0 bridgehead atoms. The summed E-state index contributed by atoms with van der Waals surface area (Å²) in [6.07, 6.45) is 0. The molecular formula is C28H30N4O4. The van der Waals surface area contributed by atoms with E-state index in [0.717, 1.165) is 0 Å². The zero-order chi connectivity index (χ0) is 26.2. The van der Waals surface area contributed by atoms with Crippen LogP contribution in [0.2, 0.25) is 0 Å². The molecular weight excluding hydrogens is 456 g/mol. The summed E-state index contributed by atoms with van der Waals surface area (Å²) in [7, 11) is 0. The molecule has 0 aliphatic rings. The van der Waals surface area contributed by atoms with E-state index >= 15 is 0 Å². The summed E-state index contributed by atoms with van der Waals surface area (Å²) in [5.74, 6) is -1.03. The van der Waals surface area contributed by atoms with Crippen LogP contribution < -0.4 is 0 Å². The Morgan fingerprint density at radius 3 is 1.03 bits per heavy atom. The molecule has 0 amide bonds. The van der Waals surface area contributed by atoms with Crippen molar-refractivity contribution in [1.29, 1.82) is 0 Å². The molecule has 8 nitrogen and oxygen atoms in total. The van der Waals surface area contributed by atoms with Gasteiger partial charge in [0, 0.05) is 0 Å². The van der Waals surface area contributed by atoms with Crippen molar-refractivity contribution in [1.82, 2.24) is 19.9 Å². The summed E-state index contributed by atoms with van der Waals surface area (Å²) < 4.78 is 10.6. The molecule has 0 atom stereocenters. The number of aryl methyl sites for hydroxylation is 4. The molecule has 0 N–H and O–H groups in total. The van der Waals surface area contributed by atoms with Gasteiger partial charge in [-0.3, -0.25) is 19.9 Å². The Labute approximate surface area is 210 Å². The largest absolute Gasteiger partial charge is 0.462 e. The minimum absolute atomic E-state index is 0.218. The second-order valence-corrected chi connectivity index (χ2v) is 7.96. The summed E-state index contributed by atoms with van der Waals surface area (Å²) in [4.78, 5) is 44.7. The molecule has 0 fully saturated rings. The smallest absolute Gasteiger partial charge is 0.341 e. The van der Waals surface area contributed by atoms with Crippen LogP contribution in [0.5, 0.6) is 0 Å². The number of aromatic nitrogens is 4. The highest BCUT2D eigenvalue weighted by molar-refractivity contribution is 5.93. The maximum absolute atomic E-state index is 12.9. The molecule has 3 rings (SSSR count). The lowest BCUT2D eigenvalue weighted by Crippen LogP contribution is -2.10. The van der Waals surface area contributed by atoms with E-state index in [9.17, 15) is 9.59 Å². The zero-order valence-electron chi connectivity index (χ0n) is 21.5. The van der Waals surface area contributed by atoms with Crippen molar-refractivity contribution in [2.24, 2.45) is 0 Å². The fourth-order valence-corrected chi connectivity index (χ4v) is 3.77. The number of rotatable bonds is 4. The molecule has 0 spiro atoms. The minimum atomic E-state index is -0.514. The fraction of sp³-hybridized carbons (Fsp3) is 0.286. The number of carbonyl (C=O) groups is 2. The van der Waals surface area contributed by atoms with Gasteiger partial charge in [-0.25, -0.2) is 9.59 Å². The van der Waals surface area contributed by atoms with E-state index in [4.69, 9.17) is 29.4 Å². The van der Waals surface area contributed by atoms with Gasteiger partial charge in [0.25, 0.3) is 0 Å². The van der Waals surface area contributed by atoms with Crippen molar-refractivity contribution in [2.75, 3.05) is 13.2 Å². The summed E-state index contributed by atoms with van der Waals surface area (Å²) in [6.45, 7) is 10.9. The van der Waals surface area contributed by atoms with Gasteiger partial charge < -0.3 is 9.47 Å². The number of hydrogen-bond donors (Lipinski definition) is 0. The molecule has 0 saturated heterocycles. The van der Waals surface area contributed by atoms with E-state index < -0.39 is 11.9 Å². The average Bonchev–Trinajstić information content (AvgIpc) is 2.81. The third-order valence-corrected chi connectivity index (χ3v) is 5.32. The van der Waals surface area contributed by atoms with Gasteiger partial charge in [0.2, 0.25) is 0 Å². The normalized spacial score (nSPS) is 10.4. The summed E-state index contributed by atoms with van der Waals surface area (Å²) in [5, 5.41) is 0. The third-order valence-electron chi connectivity index (χ3n) is 5.32. The van der Waals surface area contributed by atoms with Crippen LogP contribution in [0.25, 0.3) is 22.1 Å². The summed E-state index contributed by atoms with van der Waals surface area (Å²) in [5.41, 5.74) is 4.35. The maximum atomic E-state index is 12.9. The van der Waals surface area contributed by atoms with Crippen molar-refractivity contribution < 1.29 is 19.1 Å². The van der Waals surface area contributed by atoms with Crippen LogP contribution in [0.15, 0.2) is 48.5 Å². The average molecular weight is 487 g/mol. The topological polar surface area (TPSA) is 104 Å². The van der Waals surface area contributed by atoms with Crippen LogP contribution in [0.3, 0.4) is 0 Å².